The Kier molecular flexibility index (Phi) is 5.03. The number of rotatable bonds is 3. The smallest absolute Gasteiger partial charge is 0.0513 e. The molecule has 1 aliphatic rings. The highest BCUT2D eigenvalue weighted by Gasteiger charge is 2.23. The molecular weight excluding hydrogens is 292 g/mol. The SMILES string of the molecule is CC1CCNC(CCO)CN1c1ccccc1Br. The summed E-state index contributed by atoms with van der Waals surface area (Å²) in [5, 5.41) is 12.6. The highest BCUT2D eigenvalue weighted by molar-refractivity contribution is 9.10. The molecular formula is C14H21BrN2O. The zero-order chi connectivity index (χ0) is 13.0. The van der Waals surface area contributed by atoms with Gasteiger partial charge in [0.1, 0.15) is 0 Å². The fourth-order valence-corrected chi connectivity index (χ4v) is 3.02. The molecule has 1 aromatic rings. The summed E-state index contributed by atoms with van der Waals surface area (Å²) in [4.78, 5) is 2.43. The number of hydrogen-bond donors (Lipinski definition) is 2. The zero-order valence-corrected chi connectivity index (χ0v) is 12.4. The van der Waals surface area contributed by atoms with Crippen molar-refractivity contribution in [1.82, 2.24) is 5.32 Å². The highest BCUT2D eigenvalue weighted by atomic mass is 79.9. The molecule has 2 unspecified atom stereocenters. The fourth-order valence-electron chi connectivity index (χ4n) is 2.50. The summed E-state index contributed by atoms with van der Waals surface area (Å²) in [7, 11) is 0. The van der Waals surface area contributed by atoms with Gasteiger partial charge in [-0.2, -0.15) is 0 Å². The van der Waals surface area contributed by atoms with Crippen molar-refractivity contribution < 1.29 is 5.11 Å². The maximum atomic E-state index is 9.12. The van der Waals surface area contributed by atoms with Gasteiger partial charge < -0.3 is 15.3 Å². The first-order valence-corrected chi connectivity index (χ1v) is 7.37. The van der Waals surface area contributed by atoms with E-state index >= 15 is 0 Å². The molecule has 100 valence electrons. The number of hydrogen-bond acceptors (Lipinski definition) is 3. The summed E-state index contributed by atoms with van der Waals surface area (Å²) >= 11 is 3.63. The van der Waals surface area contributed by atoms with Gasteiger partial charge in [-0.15, -0.1) is 0 Å². The number of anilines is 1. The predicted octanol–water partition coefficient (Wildman–Crippen LogP) is 2.39. The van der Waals surface area contributed by atoms with Crippen molar-refractivity contribution in [3.63, 3.8) is 0 Å². The molecule has 0 amide bonds. The molecule has 0 aromatic heterocycles. The van der Waals surface area contributed by atoms with Gasteiger partial charge in [-0.1, -0.05) is 12.1 Å². The van der Waals surface area contributed by atoms with Crippen molar-refractivity contribution in [3.8, 4) is 0 Å². The first-order chi connectivity index (χ1) is 8.72. The number of halogens is 1. The van der Waals surface area contributed by atoms with Crippen molar-refractivity contribution in [2.24, 2.45) is 0 Å². The summed E-state index contributed by atoms with van der Waals surface area (Å²) in [5.41, 5.74) is 1.25. The maximum Gasteiger partial charge on any atom is 0.0513 e. The van der Waals surface area contributed by atoms with E-state index in [0.717, 1.165) is 30.4 Å². The monoisotopic (exact) mass is 312 g/mol. The molecule has 18 heavy (non-hydrogen) atoms. The minimum atomic E-state index is 0.246. The number of benzene rings is 1. The van der Waals surface area contributed by atoms with Crippen LogP contribution in [0, 0.1) is 0 Å². The lowest BCUT2D eigenvalue weighted by Crippen LogP contribution is -2.40. The minimum Gasteiger partial charge on any atom is -0.396 e. The largest absolute Gasteiger partial charge is 0.396 e. The molecule has 2 N–H and O–H groups in total. The number of aliphatic hydroxyl groups excluding tert-OH is 1. The fraction of sp³-hybridized carbons (Fsp3) is 0.571. The van der Waals surface area contributed by atoms with E-state index in [0.29, 0.717) is 12.1 Å². The molecule has 0 spiro atoms. The molecule has 0 saturated carbocycles. The van der Waals surface area contributed by atoms with E-state index < -0.39 is 0 Å². The molecule has 1 aliphatic heterocycles. The van der Waals surface area contributed by atoms with Crippen LogP contribution in [0.4, 0.5) is 5.69 Å². The Hall–Kier alpha value is -0.580. The summed E-state index contributed by atoms with van der Waals surface area (Å²) in [6.45, 7) is 4.48. The maximum absolute atomic E-state index is 9.12. The Bertz CT molecular complexity index is 386. The van der Waals surface area contributed by atoms with Crippen molar-refractivity contribution in [3.05, 3.63) is 28.7 Å². The van der Waals surface area contributed by atoms with Crippen LogP contribution in [0.3, 0.4) is 0 Å². The van der Waals surface area contributed by atoms with Gasteiger partial charge in [0, 0.05) is 29.7 Å². The van der Waals surface area contributed by atoms with E-state index in [2.05, 4.69) is 51.3 Å². The van der Waals surface area contributed by atoms with Crippen molar-refractivity contribution in [2.75, 3.05) is 24.6 Å². The average molecular weight is 313 g/mol. The van der Waals surface area contributed by atoms with E-state index in [-0.39, 0.29) is 6.61 Å². The van der Waals surface area contributed by atoms with Crippen LogP contribution in [0.25, 0.3) is 0 Å². The third-order valence-corrected chi connectivity index (χ3v) is 4.25. The van der Waals surface area contributed by atoms with Crippen molar-refractivity contribution in [1.29, 1.82) is 0 Å². The van der Waals surface area contributed by atoms with Crippen LogP contribution in [-0.2, 0) is 0 Å². The molecule has 4 heteroatoms. The molecule has 2 rings (SSSR count). The number of para-hydroxylation sites is 1. The number of nitrogens with one attached hydrogen (secondary N) is 1. The van der Waals surface area contributed by atoms with Crippen LogP contribution >= 0.6 is 15.9 Å². The lowest BCUT2D eigenvalue weighted by atomic mass is 10.1. The van der Waals surface area contributed by atoms with Crippen molar-refractivity contribution >= 4 is 21.6 Å². The molecule has 1 aromatic carbocycles. The van der Waals surface area contributed by atoms with Crippen LogP contribution in [-0.4, -0.2) is 36.9 Å². The van der Waals surface area contributed by atoms with Gasteiger partial charge in [0.15, 0.2) is 0 Å². The van der Waals surface area contributed by atoms with Gasteiger partial charge in [0.05, 0.1) is 5.69 Å². The molecule has 2 atom stereocenters. The third-order valence-electron chi connectivity index (χ3n) is 3.58. The summed E-state index contributed by atoms with van der Waals surface area (Å²) in [5.74, 6) is 0. The van der Waals surface area contributed by atoms with Gasteiger partial charge in [-0.25, -0.2) is 0 Å². The molecule has 1 fully saturated rings. The normalized spacial score (nSPS) is 24.9. The first kappa shape index (κ1) is 13.8. The van der Waals surface area contributed by atoms with Crippen LogP contribution in [0.1, 0.15) is 19.8 Å². The topological polar surface area (TPSA) is 35.5 Å². The summed E-state index contributed by atoms with van der Waals surface area (Å²) in [6.07, 6.45) is 1.94. The van der Waals surface area contributed by atoms with Gasteiger partial charge in [0.25, 0.3) is 0 Å². The Morgan fingerprint density at radius 2 is 2.22 bits per heavy atom. The molecule has 1 heterocycles. The standard InChI is InChI=1S/C14H21BrN2O/c1-11-6-8-16-12(7-9-18)10-17(11)14-5-3-2-4-13(14)15/h2-5,11-12,16,18H,6-10H2,1H3. The molecule has 0 bridgehead atoms. The van der Waals surface area contributed by atoms with Crippen LogP contribution in [0.5, 0.6) is 0 Å². The van der Waals surface area contributed by atoms with Gasteiger partial charge in [-0.05, 0) is 54.4 Å². The van der Waals surface area contributed by atoms with E-state index in [4.69, 9.17) is 5.11 Å². The molecule has 1 saturated heterocycles. The van der Waals surface area contributed by atoms with Crippen LogP contribution in [0.2, 0.25) is 0 Å². The number of nitrogens with zero attached hydrogens (tertiary/aromatic N) is 1. The van der Waals surface area contributed by atoms with E-state index in [9.17, 15) is 0 Å². The van der Waals surface area contributed by atoms with Gasteiger partial charge >= 0.3 is 0 Å². The second-order valence-corrected chi connectivity index (χ2v) is 5.76. The first-order valence-electron chi connectivity index (χ1n) is 6.57. The van der Waals surface area contributed by atoms with Crippen LogP contribution < -0.4 is 10.2 Å². The Morgan fingerprint density at radius 1 is 1.44 bits per heavy atom. The summed E-state index contributed by atoms with van der Waals surface area (Å²) < 4.78 is 1.14. The Morgan fingerprint density at radius 3 is 2.94 bits per heavy atom. The molecule has 0 aliphatic carbocycles. The molecule has 3 nitrogen and oxygen atoms in total. The van der Waals surface area contributed by atoms with Gasteiger partial charge in [0.2, 0.25) is 0 Å². The quantitative estimate of drug-likeness (QED) is 0.899. The van der Waals surface area contributed by atoms with E-state index in [1.807, 2.05) is 6.07 Å². The Labute approximate surface area is 117 Å². The van der Waals surface area contributed by atoms with E-state index in [1.54, 1.807) is 0 Å². The third kappa shape index (κ3) is 3.25. The lowest BCUT2D eigenvalue weighted by Gasteiger charge is -2.32. The average Bonchev–Trinajstić information content (AvgIpc) is 2.53. The van der Waals surface area contributed by atoms with Crippen molar-refractivity contribution in [2.45, 2.75) is 31.8 Å². The summed E-state index contributed by atoms with van der Waals surface area (Å²) in [6, 6.07) is 9.24. The predicted molar refractivity (Wildman–Crippen MR) is 79.1 cm³/mol. The Balaban J connectivity index is 2.20. The second-order valence-electron chi connectivity index (χ2n) is 4.90. The number of aliphatic hydroxyl groups is 1. The molecule has 0 radical (unpaired) electrons. The lowest BCUT2D eigenvalue weighted by molar-refractivity contribution is 0.267. The highest BCUT2D eigenvalue weighted by Crippen LogP contribution is 2.29. The van der Waals surface area contributed by atoms with Gasteiger partial charge in [-0.3, -0.25) is 0 Å². The van der Waals surface area contributed by atoms with Crippen LogP contribution in [0.15, 0.2) is 28.7 Å². The van der Waals surface area contributed by atoms with E-state index in [1.165, 1.54) is 5.69 Å². The minimum absolute atomic E-state index is 0.246. The second kappa shape index (κ2) is 6.55. The zero-order valence-electron chi connectivity index (χ0n) is 10.8.